The lowest BCUT2D eigenvalue weighted by Gasteiger charge is -2.24. The molecule has 0 radical (unpaired) electrons. The van der Waals surface area contributed by atoms with E-state index in [9.17, 15) is 5.11 Å². The molecule has 0 amide bonds. The first-order chi connectivity index (χ1) is 10.1. The van der Waals surface area contributed by atoms with Crippen molar-refractivity contribution in [2.24, 2.45) is 0 Å². The first kappa shape index (κ1) is 15.0. The van der Waals surface area contributed by atoms with Gasteiger partial charge >= 0.3 is 0 Å². The second kappa shape index (κ2) is 6.38. The van der Waals surface area contributed by atoms with Gasteiger partial charge in [0.25, 0.3) is 0 Å². The van der Waals surface area contributed by atoms with Crippen LogP contribution in [0.2, 0.25) is 0 Å². The van der Waals surface area contributed by atoms with E-state index in [1.54, 1.807) is 49.6 Å². The van der Waals surface area contributed by atoms with Gasteiger partial charge in [0.15, 0.2) is 0 Å². The van der Waals surface area contributed by atoms with Crippen LogP contribution in [0.15, 0.2) is 42.7 Å². The zero-order valence-electron chi connectivity index (χ0n) is 12.2. The molecule has 0 bridgehead atoms. The number of aromatic nitrogens is 1. The van der Waals surface area contributed by atoms with E-state index >= 15 is 0 Å². The summed E-state index contributed by atoms with van der Waals surface area (Å²) in [4.78, 5) is 4.13. The molecule has 0 aliphatic heterocycles. The summed E-state index contributed by atoms with van der Waals surface area (Å²) in [6, 6.07) is 10.7. The van der Waals surface area contributed by atoms with Gasteiger partial charge in [0.1, 0.15) is 11.4 Å². The van der Waals surface area contributed by atoms with Crippen molar-refractivity contribution in [3.63, 3.8) is 0 Å². The molecule has 2 rings (SSSR count). The molecule has 1 atom stereocenters. The van der Waals surface area contributed by atoms with Crippen LogP contribution in [-0.4, -0.2) is 16.7 Å². The third-order valence-corrected chi connectivity index (χ3v) is 3.32. The predicted octanol–water partition coefficient (Wildman–Crippen LogP) is 3.00. The molecule has 1 aromatic heterocycles. The van der Waals surface area contributed by atoms with Crippen LogP contribution >= 0.6 is 0 Å². The molecule has 1 unspecified atom stereocenters. The SMILES string of the molecule is CCCOc1cncc(C(C)(O)c2ccc(C#N)cc2)c1. The smallest absolute Gasteiger partial charge is 0.137 e. The van der Waals surface area contributed by atoms with Crippen LogP contribution in [0.1, 0.15) is 37.0 Å². The van der Waals surface area contributed by atoms with Crippen LogP contribution in [0.3, 0.4) is 0 Å². The lowest BCUT2D eigenvalue weighted by atomic mass is 9.89. The van der Waals surface area contributed by atoms with E-state index in [4.69, 9.17) is 10.00 Å². The number of rotatable bonds is 5. The van der Waals surface area contributed by atoms with Crippen molar-refractivity contribution in [2.45, 2.75) is 25.9 Å². The summed E-state index contributed by atoms with van der Waals surface area (Å²) < 4.78 is 5.55. The lowest BCUT2D eigenvalue weighted by molar-refractivity contribution is 0.101. The van der Waals surface area contributed by atoms with Gasteiger partial charge in [0.2, 0.25) is 0 Å². The highest BCUT2D eigenvalue weighted by Crippen LogP contribution is 2.30. The highest BCUT2D eigenvalue weighted by molar-refractivity contribution is 5.40. The molecule has 21 heavy (non-hydrogen) atoms. The van der Waals surface area contributed by atoms with Gasteiger partial charge in [-0.3, -0.25) is 4.98 Å². The summed E-state index contributed by atoms with van der Waals surface area (Å²) in [5.41, 5.74) is 0.733. The maximum Gasteiger partial charge on any atom is 0.137 e. The Hall–Kier alpha value is -2.38. The van der Waals surface area contributed by atoms with Crippen LogP contribution in [0.5, 0.6) is 5.75 Å². The van der Waals surface area contributed by atoms with Gasteiger partial charge in [0.05, 0.1) is 24.4 Å². The molecule has 4 heteroatoms. The van der Waals surface area contributed by atoms with Crippen molar-refractivity contribution in [3.05, 3.63) is 59.4 Å². The molecule has 4 nitrogen and oxygen atoms in total. The fourth-order valence-corrected chi connectivity index (χ4v) is 2.02. The molecule has 1 heterocycles. The quantitative estimate of drug-likeness (QED) is 0.915. The summed E-state index contributed by atoms with van der Waals surface area (Å²) in [5.74, 6) is 0.642. The minimum absolute atomic E-state index is 0.563. The zero-order chi connectivity index (χ0) is 15.3. The number of nitriles is 1. The standard InChI is InChI=1S/C17H18N2O2/c1-3-8-21-16-9-15(11-19-12-16)17(2,20)14-6-4-13(10-18)5-7-14/h4-7,9,11-12,20H,3,8H2,1-2H3. The first-order valence-electron chi connectivity index (χ1n) is 6.89. The molecule has 0 saturated carbocycles. The van der Waals surface area contributed by atoms with Crippen LogP contribution in [0, 0.1) is 11.3 Å². The van der Waals surface area contributed by atoms with Gasteiger partial charge in [-0.25, -0.2) is 0 Å². The minimum atomic E-state index is -1.19. The molecule has 108 valence electrons. The number of hydrogen-bond acceptors (Lipinski definition) is 4. The summed E-state index contributed by atoms with van der Waals surface area (Å²) in [5, 5.41) is 19.6. The van der Waals surface area contributed by atoms with Crippen molar-refractivity contribution >= 4 is 0 Å². The second-order valence-electron chi connectivity index (χ2n) is 5.02. The first-order valence-corrected chi connectivity index (χ1v) is 6.89. The molecule has 1 N–H and O–H groups in total. The molecule has 0 aliphatic rings. The third-order valence-electron chi connectivity index (χ3n) is 3.32. The van der Waals surface area contributed by atoms with Crippen LogP contribution in [-0.2, 0) is 5.60 Å². The van der Waals surface area contributed by atoms with Gasteiger partial charge in [-0.2, -0.15) is 5.26 Å². The van der Waals surface area contributed by atoms with Crippen molar-refractivity contribution < 1.29 is 9.84 Å². The summed E-state index contributed by atoms with van der Waals surface area (Å²) >= 11 is 0. The number of hydrogen-bond donors (Lipinski definition) is 1. The zero-order valence-corrected chi connectivity index (χ0v) is 12.2. The van der Waals surface area contributed by atoms with E-state index in [1.807, 2.05) is 6.92 Å². The Labute approximate surface area is 124 Å². The Balaban J connectivity index is 2.31. The average molecular weight is 282 g/mol. The highest BCUT2D eigenvalue weighted by atomic mass is 16.5. The average Bonchev–Trinajstić information content (AvgIpc) is 2.53. The largest absolute Gasteiger partial charge is 0.492 e. The van der Waals surface area contributed by atoms with Crippen LogP contribution in [0.25, 0.3) is 0 Å². The maximum atomic E-state index is 10.8. The van der Waals surface area contributed by atoms with Gasteiger partial charge in [0, 0.05) is 11.8 Å². The normalized spacial score (nSPS) is 13.2. The molecule has 0 aliphatic carbocycles. The number of aliphatic hydroxyl groups is 1. The van der Waals surface area contributed by atoms with Gasteiger partial charge < -0.3 is 9.84 Å². The Morgan fingerprint density at radius 1 is 1.24 bits per heavy atom. The summed E-state index contributed by atoms with van der Waals surface area (Å²) in [6.45, 7) is 4.35. The number of ether oxygens (including phenoxy) is 1. The second-order valence-corrected chi connectivity index (χ2v) is 5.02. The van der Waals surface area contributed by atoms with E-state index in [1.165, 1.54) is 0 Å². The lowest BCUT2D eigenvalue weighted by Crippen LogP contribution is -2.23. The third kappa shape index (κ3) is 3.39. The molecular formula is C17H18N2O2. The molecule has 2 aromatic rings. The Kier molecular flexibility index (Phi) is 4.56. The van der Waals surface area contributed by atoms with E-state index in [0.29, 0.717) is 29.0 Å². The number of pyridine rings is 1. The van der Waals surface area contributed by atoms with Crippen molar-refractivity contribution in [3.8, 4) is 11.8 Å². The van der Waals surface area contributed by atoms with Gasteiger partial charge in [-0.15, -0.1) is 0 Å². The van der Waals surface area contributed by atoms with Crippen LogP contribution in [0.4, 0.5) is 0 Å². The molecule has 1 aromatic carbocycles. The summed E-state index contributed by atoms with van der Waals surface area (Å²) in [6.07, 6.45) is 4.17. The van der Waals surface area contributed by atoms with E-state index < -0.39 is 5.60 Å². The maximum absolute atomic E-state index is 10.8. The highest BCUT2D eigenvalue weighted by Gasteiger charge is 2.26. The fourth-order valence-electron chi connectivity index (χ4n) is 2.02. The van der Waals surface area contributed by atoms with Gasteiger partial charge in [-0.05, 0) is 37.1 Å². The monoisotopic (exact) mass is 282 g/mol. The number of nitrogens with zero attached hydrogens (tertiary/aromatic N) is 2. The fraction of sp³-hybridized carbons (Fsp3) is 0.294. The molecule has 0 spiro atoms. The Morgan fingerprint density at radius 2 is 1.95 bits per heavy atom. The molecule has 0 fully saturated rings. The molecule has 0 saturated heterocycles. The minimum Gasteiger partial charge on any atom is -0.492 e. The topological polar surface area (TPSA) is 66.1 Å². The van der Waals surface area contributed by atoms with Crippen LogP contribution < -0.4 is 4.74 Å². The van der Waals surface area contributed by atoms with Crippen molar-refractivity contribution in [2.75, 3.05) is 6.61 Å². The predicted molar refractivity (Wildman–Crippen MR) is 79.9 cm³/mol. The summed E-state index contributed by atoms with van der Waals surface area (Å²) in [7, 11) is 0. The Morgan fingerprint density at radius 3 is 2.57 bits per heavy atom. The number of benzene rings is 1. The van der Waals surface area contributed by atoms with E-state index in [0.717, 1.165) is 6.42 Å². The van der Waals surface area contributed by atoms with Crippen molar-refractivity contribution in [1.82, 2.24) is 4.98 Å². The Bertz CT molecular complexity index is 643. The molecular weight excluding hydrogens is 264 g/mol. The van der Waals surface area contributed by atoms with Crippen molar-refractivity contribution in [1.29, 1.82) is 5.26 Å². The van der Waals surface area contributed by atoms with E-state index in [2.05, 4.69) is 11.1 Å². The van der Waals surface area contributed by atoms with Gasteiger partial charge in [-0.1, -0.05) is 19.1 Å². The van der Waals surface area contributed by atoms with E-state index in [-0.39, 0.29) is 0 Å².